The van der Waals surface area contributed by atoms with Gasteiger partial charge in [0.1, 0.15) is 18.0 Å². The van der Waals surface area contributed by atoms with Crippen molar-refractivity contribution < 1.29 is 4.74 Å². The quantitative estimate of drug-likeness (QED) is 0.694. The van der Waals surface area contributed by atoms with Gasteiger partial charge in [0.2, 0.25) is 0 Å². The predicted octanol–water partition coefficient (Wildman–Crippen LogP) is 4.57. The fraction of sp³-hybridized carbons (Fsp3) is 0.100. The Labute approximate surface area is 135 Å². The first-order chi connectivity index (χ1) is 11.3. The molecule has 3 nitrogen and oxygen atoms in total. The summed E-state index contributed by atoms with van der Waals surface area (Å²) in [7, 11) is 0. The van der Waals surface area contributed by atoms with E-state index < -0.39 is 0 Å². The third kappa shape index (κ3) is 2.73. The average Bonchev–Trinajstić information content (AvgIpc) is 2.62. The Morgan fingerprint density at radius 3 is 2.30 bits per heavy atom. The third-order valence-electron chi connectivity index (χ3n) is 3.97. The molecule has 0 bridgehead atoms. The van der Waals surface area contributed by atoms with Crippen LogP contribution in [0.2, 0.25) is 0 Å². The first-order valence-electron chi connectivity index (χ1n) is 7.61. The summed E-state index contributed by atoms with van der Waals surface area (Å²) in [6, 6.07) is 18.5. The minimum Gasteiger partial charge on any atom is -0.485 e. The molecule has 1 aliphatic heterocycles. The van der Waals surface area contributed by atoms with Crippen molar-refractivity contribution in [1.82, 2.24) is 4.98 Å². The van der Waals surface area contributed by atoms with Crippen LogP contribution in [0.1, 0.15) is 11.1 Å². The van der Waals surface area contributed by atoms with E-state index in [0.717, 1.165) is 28.3 Å². The number of aryl methyl sites for hydroxylation is 1. The number of aliphatic imine (C=N–C) groups is 1. The maximum Gasteiger partial charge on any atom is 0.145 e. The lowest BCUT2D eigenvalue weighted by Crippen LogP contribution is -2.16. The number of pyridine rings is 1. The van der Waals surface area contributed by atoms with E-state index >= 15 is 0 Å². The van der Waals surface area contributed by atoms with Crippen LogP contribution < -0.4 is 4.74 Å². The lowest BCUT2D eigenvalue weighted by Gasteiger charge is -2.17. The Kier molecular flexibility index (Phi) is 3.39. The molecule has 0 fully saturated rings. The van der Waals surface area contributed by atoms with E-state index in [1.165, 1.54) is 11.1 Å². The Morgan fingerprint density at radius 2 is 1.52 bits per heavy atom. The van der Waals surface area contributed by atoms with Crippen molar-refractivity contribution in [3.8, 4) is 16.9 Å². The largest absolute Gasteiger partial charge is 0.485 e. The van der Waals surface area contributed by atoms with Gasteiger partial charge in [0.25, 0.3) is 0 Å². The van der Waals surface area contributed by atoms with Crippen molar-refractivity contribution in [2.45, 2.75) is 6.92 Å². The van der Waals surface area contributed by atoms with Crippen molar-refractivity contribution >= 4 is 11.4 Å². The zero-order valence-corrected chi connectivity index (χ0v) is 12.9. The Hall–Kier alpha value is -2.94. The molecule has 0 aliphatic carbocycles. The molecular weight excluding hydrogens is 284 g/mol. The molecule has 4 rings (SSSR count). The molecule has 0 spiro atoms. The first-order valence-corrected chi connectivity index (χ1v) is 7.61. The summed E-state index contributed by atoms with van der Waals surface area (Å²) in [5.74, 6) is 0.863. The molecule has 23 heavy (non-hydrogen) atoms. The number of fused-ring (bicyclic) bond motifs is 1. The van der Waals surface area contributed by atoms with E-state index in [4.69, 9.17) is 9.73 Å². The summed E-state index contributed by atoms with van der Waals surface area (Å²) in [5, 5.41) is 0. The highest BCUT2D eigenvalue weighted by molar-refractivity contribution is 6.04. The van der Waals surface area contributed by atoms with Crippen molar-refractivity contribution in [2.24, 2.45) is 4.99 Å². The molecule has 0 atom stereocenters. The van der Waals surface area contributed by atoms with Crippen LogP contribution in [-0.4, -0.2) is 17.3 Å². The zero-order chi connectivity index (χ0) is 15.6. The third-order valence-corrected chi connectivity index (χ3v) is 3.97. The van der Waals surface area contributed by atoms with Gasteiger partial charge in [0.15, 0.2) is 0 Å². The van der Waals surface area contributed by atoms with Gasteiger partial charge < -0.3 is 4.74 Å². The molecule has 3 heteroatoms. The van der Waals surface area contributed by atoms with Gasteiger partial charge in [0.05, 0.1) is 5.71 Å². The van der Waals surface area contributed by atoms with E-state index in [2.05, 4.69) is 42.2 Å². The molecule has 1 aromatic heterocycles. The molecule has 0 saturated heterocycles. The van der Waals surface area contributed by atoms with E-state index in [1.54, 1.807) is 12.4 Å². The van der Waals surface area contributed by atoms with Crippen molar-refractivity contribution in [2.75, 3.05) is 6.61 Å². The summed E-state index contributed by atoms with van der Waals surface area (Å²) in [5.41, 5.74) is 6.47. The summed E-state index contributed by atoms with van der Waals surface area (Å²) >= 11 is 0. The number of aromatic nitrogens is 1. The Morgan fingerprint density at radius 1 is 0.826 bits per heavy atom. The van der Waals surface area contributed by atoms with Gasteiger partial charge in [-0.2, -0.15) is 0 Å². The van der Waals surface area contributed by atoms with Crippen LogP contribution in [0.3, 0.4) is 0 Å². The second-order valence-corrected chi connectivity index (χ2v) is 5.63. The number of rotatable bonds is 2. The Balaban J connectivity index is 1.65. The lowest BCUT2D eigenvalue weighted by atomic mass is 10.0. The van der Waals surface area contributed by atoms with E-state index in [1.807, 2.05) is 24.3 Å². The lowest BCUT2D eigenvalue weighted by molar-refractivity contribution is 0.372. The average molecular weight is 300 g/mol. The standard InChI is InChI=1S/C20H16N2O/c1-14-2-7-18-20(12-14)23-13-19(22-18)17-5-3-15(4-6-17)16-8-10-21-11-9-16/h2-12H,13H2,1H3. The molecule has 1 aliphatic rings. The topological polar surface area (TPSA) is 34.5 Å². The summed E-state index contributed by atoms with van der Waals surface area (Å²) < 4.78 is 5.85. The van der Waals surface area contributed by atoms with Gasteiger partial charge in [-0.05, 0) is 53.4 Å². The molecule has 0 saturated carbocycles. The highest BCUT2D eigenvalue weighted by Crippen LogP contribution is 2.32. The van der Waals surface area contributed by atoms with Gasteiger partial charge in [-0.25, -0.2) is 4.99 Å². The number of ether oxygens (including phenoxy) is 1. The van der Waals surface area contributed by atoms with Crippen LogP contribution in [-0.2, 0) is 0 Å². The maximum atomic E-state index is 5.85. The van der Waals surface area contributed by atoms with Gasteiger partial charge in [-0.15, -0.1) is 0 Å². The maximum absolute atomic E-state index is 5.85. The van der Waals surface area contributed by atoms with Crippen LogP contribution in [0.5, 0.6) is 5.75 Å². The fourth-order valence-corrected chi connectivity index (χ4v) is 2.70. The van der Waals surface area contributed by atoms with Crippen LogP contribution in [0.4, 0.5) is 5.69 Å². The monoisotopic (exact) mass is 300 g/mol. The summed E-state index contributed by atoms with van der Waals surface area (Å²) in [4.78, 5) is 8.79. The minimum atomic E-state index is 0.505. The van der Waals surface area contributed by atoms with Crippen LogP contribution in [0.15, 0.2) is 72.0 Å². The highest BCUT2D eigenvalue weighted by Gasteiger charge is 2.14. The van der Waals surface area contributed by atoms with Crippen LogP contribution in [0, 0.1) is 6.92 Å². The normalized spacial score (nSPS) is 13.0. The molecule has 0 N–H and O–H groups in total. The van der Waals surface area contributed by atoms with Crippen molar-refractivity contribution in [1.29, 1.82) is 0 Å². The second-order valence-electron chi connectivity index (χ2n) is 5.63. The minimum absolute atomic E-state index is 0.505. The zero-order valence-electron chi connectivity index (χ0n) is 12.9. The number of nitrogens with zero attached hydrogens (tertiary/aromatic N) is 2. The predicted molar refractivity (Wildman–Crippen MR) is 92.5 cm³/mol. The molecule has 0 radical (unpaired) electrons. The van der Waals surface area contributed by atoms with Crippen molar-refractivity contribution in [3.05, 3.63) is 78.1 Å². The molecule has 0 unspecified atom stereocenters. The van der Waals surface area contributed by atoms with E-state index in [-0.39, 0.29) is 0 Å². The molecule has 3 aromatic rings. The SMILES string of the molecule is Cc1ccc2c(c1)OCC(c1ccc(-c3ccncc3)cc1)=N2. The van der Waals surface area contributed by atoms with Crippen LogP contribution >= 0.6 is 0 Å². The summed E-state index contributed by atoms with van der Waals surface area (Å²) in [6.07, 6.45) is 3.61. The van der Waals surface area contributed by atoms with Crippen LogP contribution in [0.25, 0.3) is 11.1 Å². The van der Waals surface area contributed by atoms with E-state index in [9.17, 15) is 0 Å². The number of benzene rings is 2. The number of hydrogen-bond donors (Lipinski definition) is 0. The molecular formula is C20H16N2O. The molecule has 0 amide bonds. The molecule has 2 aromatic carbocycles. The van der Waals surface area contributed by atoms with Crippen molar-refractivity contribution in [3.63, 3.8) is 0 Å². The highest BCUT2D eigenvalue weighted by atomic mass is 16.5. The second kappa shape index (κ2) is 5.69. The number of hydrogen-bond acceptors (Lipinski definition) is 3. The molecule has 2 heterocycles. The first kappa shape index (κ1) is 13.7. The van der Waals surface area contributed by atoms with Gasteiger partial charge in [0, 0.05) is 12.4 Å². The van der Waals surface area contributed by atoms with Gasteiger partial charge >= 0.3 is 0 Å². The summed E-state index contributed by atoms with van der Waals surface area (Å²) in [6.45, 7) is 2.56. The van der Waals surface area contributed by atoms with E-state index in [0.29, 0.717) is 6.61 Å². The van der Waals surface area contributed by atoms with Gasteiger partial charge in [-0.3, -0.25) is 4.98 Å². The fourth-order valence-electron chi connectivity index (χ4n) is 2.70. The van der Waals surface area contributed by atoms with Gasteiger partial charge in [-0.1, -0.05) is 30.3 Å². The molecule has 112 valence electrons. The Bertz CT molecular complexity index is 868. The smallest absolute Gasteiger partial charge is 0.145 e.